The van der Waals surface area contributed by atoms with E-state index in [2.05, 4.69) is 11.7 Å². The summed E-state index contributed by atoms with van der Waals surface area (Å²) in [5.74, 6) is -1.96. The summed E-state index contributed by atoms with van der Waals surface area (Å²) in [5, 5.41) is 3.85. The molecule has 126 valence electrons. The van der Waals surface area contributed by atoms with E-state index in [-0.39, 0.29) is 35.3 Å². The van der Waals surface area contributed by atoms with Crippen molar-refractivity contribution < 1.29 is 19.2 Å². The molecule has 0 bridgehead atoms. The van der Waals surface area contributed by atoms with E-state index < -0.39 is 11.7 Å². The van der Waals surface area contributed by atoms with Gasteiger partial charge in [-0.05, 0) is 25.0 Å². The Morgan fingerprint density at radius 3 is 2.52 bits per heavy atom. The van der Waals surface area contributed by atoms with E-state index in [0.29, 0.717) is 17.9 Å². The van der Waals surface area contributed by atoms with Crippen molar-refractivity contribution in [2.24, 2.45) is 17.0 Å². The van der Waals surface area contributed by atoms with Crippen LogP contribution in [0.4, 0.5) is 0 Å². The number of carbonyl (C=O) groups excluding carboxylic acids is 3. The Morgan fingerprint density at radius 2 is 2.04 bits per heavy atom. The first-order valence-electron chi connectivity index (χ1n) is 7.50. The lowest BCUT2D eigenvalue weighted by Gasteiger charge is -2.30. The maximum Gasteiger partial charge on any atom is 0.156 e. The van der Waals surface area contributed by atoms with Crippen molar-refractivity contribution >= 4 is 46.9 Å². The molecule has 0 aromatic rings. The predicted molar refractivity (Wildman–Crippen MR) is 90.8 cm³/mol. The van der Waals surface area contributed by atoms with Crippen molar-refractivity contribution in [3.05, 3.63) is 11.6 Å². The van der Waals surface area contributed by atoms with Gasteiger partial charge in [-0.25, -0.2) is 0 Å². The minimum absolute atomic E-state index is 0.0476. The summed E-state index contributed by atoms with van der Waals surface area (Å²) < 4.78 is 0.0819. The van der Waals surface area contributed by atoms with Crippen LogP contribution >= 0.6 is 23.4 Å². The van der Waals surface area contributed by atoms with Gasteiger partial charge >= 0.3 is 0 Å². The molecule has 0 aromatic carbocycles. The third kappa shape index (κ3) is 4.44. The highest BCUT2D eigenvalue weighted by Crippen LogP contribution is 2.56. The Hall–Kier alpha value is -1.14. The van der Waals surface area contributed by atoms with E-state index in [1.54, 1.807) is 11.8 Å². The number of carbonyl (C=O) groups is 3. The molecule has 2 rings (SSSR count). The molecule has 0 saturated heterocycles. The van der Waals surface area contributed by atoms with Crippen LogP contribution in [0.25, 0.3) is 0 Å². The zero-order chi connectivity index (χ0) is 17.0. The van der Waals surface area contributed by atoms with Crippen LogP contribution in [0.5, 0.6) is 0 Å². The predicted octanol–water partition coefficient (Wildman–Crippen LogP) is 2.76. The Kier molecular flexibility index (Phi) is 6.03. The summed E-state index contributed by atoms with van der Waals surface area (Å²) in [6.07, 6.45) is 5.91. The summed E-state index contributed by atoms with van der Waals surface area (Å²) in [6, 6.07) is 0. The first-order chi connectivity index (χ1) is 10.9. The van der Waals surface area contributed by atoms with Crippen molar-refractivity contribution in [2.75, 3.05) is 12.9 Å². The van der Waals surface area contributed by atoms with Crippen LogP contribution in [0.3, 0.4) is 0 Å². The molecule has 0 N–H and O–H groups in total. The molecule has 0 aromatic heterocycles. The maximum absolute atomic E-state index is 12.3. The van der Waals surface area contributed by atoms with E-state index in [4.69, 9.17) is 16.4 Å². The van der Waals surface area contributed by atoms with Gasteiger partial charge in [-0.15, -0.1) is 0 Å². The van der Waals surface area contributed by atoms with E-state index in [1.165, 1.54) is 6.21 Å². The van der Waals surface area contributed by atoms with Gasteiger partial charge in [0.1, 0.15) is 5.92 Å². The van der Waals surface area contributed by atoms with Crippen LogP contribution < -0.4 is 0 Å². The topological polar surface area (TPSA) is 72.8 Å². The summed E-state index contributed by atoms with van der Waals surface area (Å²) in [5.41, 5.74) is 0. The Labute approximate surface area is 144 Å². The first-order valence-corrected chi connectivity index (χ1v) is 9.10. The number of hydrogen-bond donors (Lipinski definition) is 0. The fraction of sp³-hybridized carbons (Fsp3) is 0.625. The highest BCUT2D eigenvalue weighted by atomic mass is 35.5. The van der Waals surface area contributed by atoms with Crippen molar-refractivity contribution in [3.8, 4) is 0 Å². The first kappa shape index (κ1) is 18.2. The van der Waals surface area contributed by atoms with E-state index >= 15 is 0 Å². The van der Waals surface area contributed by atoms with E-state index in [0.717, 1.165) is 12.8 Å². The average Bonchev–Trinajstić information content (AvgIpc) is 3.27. The van der Waals surface area contributed by atoms with E-state index in [1.807, 2.05) is 6.26 Å². The zero-order valence-corrected chi connectivity index (χ0v) is 14.6. The number of nitrogens with zero attached hydrogens (tertiary/aromatic N) is 1. The van der Waals surface area contributed by atoms with Crippen molar-refractivity contribution in [1.82, 2.24) is 0 Å². The lowest BCUT2D eigenvalue weighted by atomic mass is 9.75. The van der Waals surface area contributed by atoms with Crippen LogP contribution in [0, 0.1) is 11.8 Å². The SMILES string of the molecule is C=C(Cl)CON=CCC(=O)[C@H]1C(=O)C[C@H](C2(SC)CC2)CC1=O. The van der Waals surface area contributed by atoms with Gasteiger partial charge in [0.05, 0.1) is 11.2 Å². The number of halogens is 1. The molecular weight excluding hydrogens is 338 g/mol. The molecule has 0 spiro atoms. The summed E-state index contributed by atoms with van der Waals surface area (Å²) in [6.45, 7) is 3.48. The highest BCUT2D eigenvalue weighted by Gasteiger charge is 2.53. The molecule has 0 radical (unpaired) electrons. The average molecular weight is 358 g/mol. The number of oxime groups is 1. The fourth-order valence-corrected chi connectivity index (χ4v) is 4.07. The van der Waals surface area contributed by atoms with Crippen LogP contribution in [0.15, 0.2) is 16.8 Å². The number of Topliss-reactive ketones (excluding diaryl/α,β-unsaturated/α-hetero) is 3. The normalized spacial score (nSPS) is 26.3. The van der Waals surface area contributed by atoms with Crippen molar-refractivity contribution in [3.63, 3.8) is 0 Å². The molecule has 7 heteroatoms. The summed E-state index contributed by atoms with van der Waals surface area (Å²) >= 11 is 7.23. The zero-order valence-electron chi connectivity index (χ0n) is 13.0. The van der Waals surface area contributed by atoms with Crippen LogP contribution in [-0.4, -0.2) is 41.2 Å². The molecule has 0 aliphatic heterocycles. The second-order valence-electron chi connectivity index (χ2n) is 5.99. The monoisotopic (exact) mass is 357 g/mol. The minimum atomic E-state index is -1.13. The number of thioether (sulfide) groups is 1. The third-order valence-electron chi connectivity index (χ3n) is 4.42. The second-order valence-corrected chi connectivity index (χ2v) is 7.74. The van der Waals surface area contributed by atoms with Crippen molar-refractivity contribution in [2.45, 2.75) is 36.9 Å². The molecule has 2 aliphatic rings. The lowest BCUT2D eigenvalue weighted by molar-refractivity contribution is -0.143. The molecule has 2 saturated carbocycles. The van der Waals surface area contributed by atoms with Crippen LogP contribution in [0.1, 0.15) is 32.1 Å². The lowest BCUT2D eigenvalue weighted by Crippen LogP contribution is -2.42. The number of hydrogen-bond acceptors (Lipinski definition) is 6. The fourth-order valence-electron chi connectivity index (χ4n) is 3.01. The van der Waals surface area contributed by atoms with Gasteiger partial charge in [-0.1, -0.05) is 23.3 Å². The maximum atomic E-state index is 12.3. The molecule has 0 unspecified atom stereocenters. The van der Waals surface area contributed by atoms with Gasteiger partial charge in [0, 0.05) is 24.0 Å². The molecule has 5 nitrogen and oxygen atoms in total. The molecule has 0 atom stereocenters. The molecule has 2 aliphatic carbocycles. The quantitative estimate of drug-likeness (QED) is 0.379. The number of ketones is 3. The van der Waals surface area contributed by atoms with Gasteiger partial charge in [0.15, 0.2) is 24.0 Å². The van der Waals surface area contributed by atoms with Gasteiger partial charge in [0.25, 0.3) is 0 Å². The molecular formula is C16H20ClNO4S. The second kappa shape index (κ2) is 7.62. The number of rotatable bonds is 8. The minimum Gasteiger partial charge on any atom is -0.390 e. The Bertz CT molecular complexity index is 538. The standard InChI is InChI=1S/C16H20ClNO4S/c1-10(17)9-22-18-6-3-12(19)15-13(20)7-11(8-14(15)21)16(23-2)4-5-16/h6,11,15H,1,3-5,7-9H2,2H3/t11-,15-. The molecule has 0 heterocycles. The third-order valence-corrected chi connectivity index (χ3v) is 6.08. The van der Waals surface area contributed by atoms with Gasteiger partial charge in [-0.3, -0.25) is 14.4 Å². The molecule has 23 heavy (non-hydrogen) atoms. The van der Waals surface area contributed by atoms with Gasteiger partial charge in [0.2, 0.25) is 0 Å². The highest BCUT2D eigenvalue weighted by molar-refractivity contribution is 8.00. The van der Waals surface area contributed by atoms with Gasteiger partial charge in [-0.2, -0.15) is 11.8 Å². The van der Waals surface area contributed by atoms with Crippen LogP contribution in [0.2, 0.25) is 0 Å². The summed E-state index contributed by atoms with van der Waals surface area (Å²) in [7, 11) is 0. The Morgan fingerprint density at radius 1 is 1.43 bits per heavy atom. The van der Waals surface area contributed by atoms with Crippen LogP contribution in [-0.2, 0) is 19.2 Å². The van der Waals surface area contributed by atoms with E-state index in [9.17, 15) is 14.4 Å². The Balaban J connectivity index is 1.88. The van der Waals surface area contributed by atoms with Gasteiger partial charge < -0.3 is 4.84 Å². The smallest absolute Gasteiger partial charge is 0.156 e. The molecule has 0 amide bonds. The van der Waals surface area contributed by atoms with Crippen molar-refractivity contribution in [1.29, 1.82) is 0 Å². The summed E-state index contributed by atoms with van der Waals surface area (Å²) in [4.78, 5) is 41.4. The molecule has 2 fully saturated rings. The largest absolute Gasteiger partial charge is 0.390 e.